The molecule has 0 radical (unpaired) electrons. The molecule has 0 aliphatic rings. The summed E-state index contributed by atoms with van der Waals surface area (Å²) in [5.74, 6) is -0.899. The van der Waals surface area contributed by atoms with Crippen LogP contribution >= 0.6 is 0 Å². The van der Waals surface area contributed by atoms with Crippen LogP contribution in [0.3, 0.4) is 0 Å². The Morgan fingerprint density at radius 3 is 1.28 bits per heavy atom. The van der Waals surface area contributed by atoms with Gasteiger partial charge in [0, 0.05) is 12.0 Å². The second kappa shape index (κ2) is 27.7. The molecule has 4 heteroatoms. The molecule has 0 N–H and O–H groups in total. The number of nitrogens with zero attached hydrogens (tertiary/aromatic N) is 1. The van der Waals surface area contributed by atoms with Crippen molar-refractivity contribution in [3.05, 3.63) is 0 Å². The minimum Gasteiger partial charge on any atom is -0.550 e. The molecule has 0 fully saturated rings. The van der Waals surface area contributed by atoms with E-state index < -0.39 is 5.97 Å². The predicted octanol–water partition coefficient (Wildman–Crippen LogP) is 4.66. The van der Waals surface area contributed by atoms with Crippen molar-refractivity contribution in [2.24, 2.45) is 0 Å². The normalized spacial score (nSPS) is 12.1. The first-order valence-electron chi connectivity index (χ1n) is 14.1. The van der Waals surface area contributed by atoms with Crippen molar-refractivity contribution in [3.8, 4) is 0 Å². The Labute approximate surface area is 224 Å². The number of rotatable bonds is 25. The van der Waals surface area contributed by atoms with Crippen LogP contribution < -0.4 is 34.7 Å². The molecule has 3 nitrogen and oxygen atoms in total. The summed E-state index contributed by atoms with van der Waals surface area (Å²) in [7, 11) is 0. The van der Waals surface area contributed by atoms with Crippen molar-refractivity contribution >= 4 is 5.97 Å². The van der Waals surface area contributed by atoms with Gasteiger partial charge in [-0.2, -0.15) is 0 Å². The maximum atomic E-state index is 11.0. The van der Waals surface area contributed by atoms with Crippen LogP contribution in [0.15, 0.2) is 0 Å². The average Bonchev–Trinajstić information content (AvgIpc) is 2.76. The summed E-state index contributed by atoms with van der Waals surface area (Å²) in [6.45, 7) is 9.03. The third-order valence-corrected chi connectivity index (χ3v) is 6.77. The Balaban J connectivity index is 0. The first-order chi connectivity index (χ1) is 15.2. The van der Waals surface area contributed by atoms with Gasteiger partial charge in [0.1, 0.15) is 0 Å². The molecule has 1 atom stereocenters. The molecule has 1 unspecified atom stereocenters. The second-order valence-electron chi connectivity index (χ2n) is 9.67. The summed E-state index contributed by atoms with van der Waals surface area (Å²) in [6, 6.07) is 0.404. The van der Waals surface area contributed by atoms with Crippen LogP contribution in [0.1, 0.15) is 156 Å². The van der Waals surface area contributed by atoms with Crippen molar-refractivity contribution in [3.63, 3.8) is 0 Å². The molecule has 0 bridgehead atoms. The third-order valence-electron chi connectivity index (χ3n) is 6.77. The van der Waals surface area contributed by atoms with E-state index in [9.17, 15) is 9.90 Å². The molecule has 0 aliphatic carbocycles. The smallest absolute Gasteiger partial charge is 0.550 e. The van der Waals surface area contributed by atoms with E-state index in [0.717, 1.165) is 25.9 Å². The molecular formula is C28H56NNaO2. The third kappa shape index (κ3) is 23.6. The average molecular weight is 462 g/mol. The molecule has 186 valence electrons. The number of aliphatic carboxylic acids is 1. The van der Waals surface area contributed by atoms with Crippen LogP contribution in [0.25, 0.3) is 0 Å². The van der Waals surface area contributed by atoms with Gasteiger partial charge in [-0.25, -0.2) is 0 Å². The number of carboxylic acid groups (broad SMARTS) is 1. The van der Waals surface area contributed by atoms with Gasteiger partial charge < -0.3 is 14.8 Å². The monoisotopic (exact) mass is 461 g/mol. The molecule has 0 amide bonds. The largest absolute Gasteiger partial charge is 1.00 e. The number of carbonyl (C=O) groups excluding carboxylic acids is 1. The minimum atomic E-state index is -0.899. The summed E-state index contributed by atoms with van der Waals surface area (Å²) in [4.78, 5) is 13.6. The molecule has 0 saturated heterocycles. The van der Waals surface area contributed by atoms with Gasteiger partial charge in [0.05, 0.1) is 0 Å². The Kier molecular flexibility index (Phi) is 29.9. The fraction of sp³-hybridized carbons (Fsp3) is 0.964. The van der Waals surface area contributed by atoms with Gasteiger partial charge in [0.2, 0.25) is 0 Å². The van der Waals surface area contributed by atoms with Crippen molar-refractivity contribution < 1.29 is 39.5 Å². The summed E-state index contributed by atoms with van der Waals surface area (Å²) >= 11 is 0. The Morgan fingerprint density at radius 1 is 0.625 bits per heavy atom. The molecule has 32 heavy (non-hydrogen) atoms. The second-order valence-corrected chi connectivity index (χ2v) is 9.67. The molecule has 0 aromatic carbocycles. The van der Waals surface area contributed by atoms with Crippen LogP contribution in [-0.4, -0.2) is 30.0 Å². The molecule has 0 spiro atoms. The Bertz CT molecular complexity index is 356. The fourth-order valence-electron chi connectivity index (χ4n) is 4.66. The number of hydrogen-bond acceptors (Lipinski definition) is 3. The quantitative estimate of drug-likeness (QED) is 0.147. The number of carboxylic acids is 1. The zero-order valence-corrected chi connectivity index (χ0v) is 24.6. The Morgan fingerprint density at radius 2 is 0.969 bits per heavy atom. The molecule has 0 saturated carbocycles. The summed E-state index contributed by atoms with van der Waals surface area (Å²) in [5, 5.41) is 11.0. The zero-order chi connectivity index (χ0) is 23.0. The van der Waals surface area contributed by atoms with Crippen molar-refractivity contribution in [2.75, 3.05) is 13.1 Å². The van der Waals surface area contributed by atoms with Gasteiger partial charge in [-0.15, -0.1) is 0 Å². The standard InChI is InChI=1S/C28H57NO2.Na/c1-4-7-9-11-13-15-17-19-21-25-29(27(6-3)23-24-28(30)31)26-22-20-18-16-14-12-10-8-5-2;/h27H,4-26H2,1-3H3,(H,30,31);/q;+1/p-1. The van der Waals surface area contributed by atoms with E-state index in [4.69, 9.17) is 0 Å². The van der Waals surface area contributed by atoms with E-state index in [1.807, 2.05) is 0 Å². The van der Waals surface area contributed by atoms with E-state index in [1.54, 1.807) is 0 Å². The maximum Gasteiger partial charge on any atom is 1.00 e. The van der Waals surface area contributed by atoms with Gasteiger partial charge in [0.15, 0.2) is 0 Å². The van der Waals surface area contributed by atoms with Crippen LogP contribution in [0.5, 0.6) is 0 Å². The SMILES string of the molecule is CCCCCCCCCCCN(CCCCCCCCCCC)C(CC)CCC(=O)[O-].[Na+]. The molecule has 0 rings (SSSR count). The van der Waals surface area contributed by atoms with E-state index in [0.29, 0.717) is 6.04 Å². The topological polar surface area (TPSA) is 43.4 Å². The van der Waals surface area contributed by atoms with E-state index in [1.165, 1.54) is 116 Å². The zero-order valence-electron chi connectivity index (χ0n) is 22.6. The van der Waals surface area contributed by atoms with E-state index in [2.05, 4.69) is 25.7 Å². The minimum absolute atomic E-state index is 0. The van der Waals surface area contributed by atoms with Crippen LogP contribution in [-0.2, 0) is 4.79 Å². The van der Waals surface area contributed by atoms with E-state index in [-0.39, 0.29) is 36.0 Å². The van der Waals surface area contributed by atoms with Crippen molar-refractivity contribution in [1.29, 1.82) is 0 Å². The number of hydrogen-bond donors (Lipinski definition) is 0. The van der Waals surface area contributed by atoms with Gasteiger partial charge in [0.25, 0.3) is 0 Å². The van der Waals surface area contributed by atoms with Crippen molar-refractivity contribution in [2.45, 2.75) is 162 Å². The first-order valence-corrected chi connectivity index (χ1v) is 14.1. The number of carbonyl (C=O) groups is 1. The summed E-state index contributed by atoms with van der Waals surface area (Å²) < 4.78 is 0. The van der Waals surface area contributed by atoms with Gasteiger partial charge >= 0.3 is 29.6 Å². The molecule has 0 aliphatic heterocycles. The van der Waals surface area contributed by atoms with Gasteiger partial charge in [-0.1, -0.05) is 124 Å². The fourth-order valence-corrected chi connectivity index (χ4v) is 4.66. The van der Waals surface area contributed by atoms with Crippen LogP contribution in [0.2, 0.25) is 0 Å². The van der Waals surface area contributed by atoms with E-state index >= 15 is 0 Å². The molecule has 0 aromatic rings. The van der Waals surface area contributed by atoms with Crippen LogP contribution in [0, 0.1) is 0 Å². The molecular weight excluding hydrogens is 405 g/mol. The Hall–Kier alpha value is 0.430. The molecule has 0 heterocycles. The molecule has 0 aromatic heterocycles. The summed E-state index contributed by atoms with van der Waals surface area (Å²) in [5.41, 5.74) is 0. The maximum absolute atomic E-state index is 11.0. The summed E-state index contributed by atoms with van der Waals surface area (Å²) in [6.07, 6.45) is 26.4. The van der Waals surface area contributed by atoms with Crippen molar-refractivity contribution in [1.82, 2.24) is 4.90 Å². The first kappa shape index (κ1) is 34.6. The van der Waals surface area contributed by atoms with Gasteiger partial charge in [-0.05, 0) is 45.2 Å². The number of unbranched alkanes of at least 4 members (excludes halogenated alkanes) is 16. The van der Waals surface area contributed by atoms with Gasteiger partial charge in [-0.3, -0.25) is 0 Å². The predicted molar refractivity (Wildman–Crippen MR) is 134 cm³/mol. The van der Waals surface area contributed by atoms with Crippen LogP contribution in [0.4, 0.5) is 0 Å².